The lowest BCUT2D eigenvalue weighted by Crippen LogP contribution is -2.44. The molecule has 0 aromatic rings. The average Bonchev–Trinajstić information content (AvgIpc) is 2.90. The molecule has 1 saturated carbocycles. The van der Waals surface area contributed by atoms with Gasteiger partial charge in [-0.1, -0.05) is 0 Å². The molecule has 0 aromatic carbocycles. The van der Waals surface area contributed by atoms with Crippen molar-refractivity contribution in [2.24, 2.45) is 0 Å². The van der Waals surface area contributed by atoms with Crippen molar-refractivity contribution in [3.63, 3.8) is 0 Å². The van der Waals surface area contributed by atoms with Crippen molar-refractivity contribution < 1.29 is 0 Å². The van der Waals surface area contributed by atoms with Crippen molar-refractivity contribution in [3.8, 4) is 0 Å². The fourth-order valence-electron chi connectivity index (χ4n) is 1.49. The van der Waals surface area contributed by atoms with Crippen LogP contribution in [0.1, 0.15) is 25.7 Å². The number of thiocarbonyl (C=S) groups is 1. The predicted octanol–water partition coefficient (Wildman–Crippen LogP) is 1.51. The second kappa shape index (κ2) is 4.51. The fourth-order valence-corrected chi connectivity index (χ4v) is 2.90. The highest BCUT2D eigenvalue weighted by atomic mass is 32.2. The zero-order chi connectivity index (χ0) is 9.10. The highest BCUT2D eigenvalue weighted by molar-refractivity contribution is 7.99. The minimum absolute atomic E-state index is 0.609. The van der Waals surface area contributed by atoms with Crippen molar-refractivity contribution >= 4 is 29.1 Å². The lowest BCUT2D eigenvalue weighted by Gasteiger charge is -2.24. The molecule has 0 bridgehead atoms. The Morgan fingerprint density at radius 3 is 2.54 bits per heavy atom. The van der Waals surface area contributed by atoms with Gasteiger partial charge in [0.1, 0.15) is 0 Å². The van der Waals surface area contributed by atoms with E-state index < -0.39 is 0 Å². The minimum Gasteiger partial charge on any atom is -0.360 e. The van der Waals surface area contributed by atoms with E-state index in [1.54, 1.807) is 0 Å². The van der Waals surface area contributed by atoms with Crippen LogP contribution in [-0.2, 0) is 0 Å². The molecule has 0 spiro atoms. The average molecular weight is 216 g/mol. The summed E-state index contributed by atoms with van der Waals surface area (Å²) >= 11 is 7.25. The highest BCUT2D eigenvalue weighted by Crippen LogP contribution is 2.19. The molecule has 1 aliphatic heterocycles. The first-order chi connectivity index (χ1) is 6.34. The van der Waals surface area contributed by atoms with Crippen LogP contribution in [0.4, 0.5) is 0 Å². The van der Waals surface area contributed by atoms with Gasteiger partial charge >= 0.3 is 0 Å². The monoisotopic (exact) mass is 216 g/mol. The van der Waals surface area contributed by atoms with E-state index in [-0.39, 0.29) is 0 Å². The minimum atomic E-state index is 0.609. The standard InChI is InChI=1S/C9H16N2S2/c12-9(10-7-3-4-7)11-8-2-1-5-13-6-8/h7-8H,1-6H2,(H2,10,11,12). The summed E-state index contributed by atoms with van der Waals surface area (Å²) in [5, 5.41) is 7.57. The molecule has 2 aliphatic rings. The maximum atomic E-state index is 5.22. The summed E-state index contributed by atoms with van der Waals surface area (Å²) in [5.74, 6) is 2.54. The quantitative estimate of drug-likeness (QED) is 0.683. The molecule has 0 radical (unpaired) electrons. The Hall–Kier alpha value is 0.0400. The van der Waals surface area contributed by atoms with E-state index in [0.717, 1.165) is 5.11 Å². The van der Waals surface area contributed by atoms with Crippen molar-refractivity contribution in [1.29, 1.82) is 0 Å². The molecule has 2 rings (SSSR count). The Morgan fingerprint density at radius 1 is 1.15 bits per heavy atom. The Labute approximate surface area is 89.2 Å². The zero-order valence-electron chi connectivity index (χ0n) is 7.71. The van der Waals surface area contributed by atoms with Crippen molar-refractivity contribution in [2.45, 2.75) is 37.8 Å². The first kappa shape index (κ1) is 9.59. The summed E-state index contributed by atoms with van der Waals surface area (Å²) in [7, 11) is 0. The van der Waals surface area contributed by atoms with Gasteiger partial charge < -0.3 is 10.6 Å². The molecule has 2 N–H and O–H groups in total. The molecule has 0 aromatic heterocycles. The second-order valence-corrected chi connectivity index (χ2v) is 5.36. The van der Waals surface area contributed by atoms with Crippen LogP contribution < -0.4 is 10.6 Å². The molecule has 1 atom stereocenters. The Kier molecular flexibility index (Phi) is 3.33. The second-order valence-electron chi connectivity index (χ2n) is 3.81. The number of rotatable bonds is 2. The van der Waals surface area contributed by atoms with Gasteiger partial charge in [0.15, 0.2) is 5.11 Å². The highest BCUT2D eigenvalue weighted by Gasteiger charge is 2.23. The van der Waals surface area contributed by atoms with Crippen molar-refractivity contribution in [1.82, 2.24) is 10.6 Å². The molecule has 1 heterocycles. The molecule has 4 heteroatoms. The van der Waals surface area contributed by atoms with Crippen LogP contribution in [0.5, 0.6) is 0 Å². The van der Waals surface area contributed by atoms with Crippen LogP contribution in [0.15, 0.2) is 0 Å². The van der Waals surface area contributed by atoms with Gasteiger partial charge in [-0.05, 0) is 43.7 Å². The van der Waals surface area contributed by atoms with E-state index in [9.17, 15) is 0 Å². The summed E-state index contributed by atoms with van der Waals surface area (Å²) in [5.41, 5.74) is 0. The van der Waals surface area contributed by atoms with E-state index in [4.69, 9.17) is 12.2 Å². The number of nitrogens with one attached hydrogen (secondary N) is 2. The van der Waals surface area contributed by atoms with Gasteiger partial charge in [-0.2, -0.15) is 11.8 Å². The van der Waals surface area contributed by atoms with Crippen LogP contribution in [0.25, 0.3) is 0 Å². The smallest absolute Gasteiger partial charge is 0.166 e. The predicted molar refractivity (Wildman–Crippen MR) is 62.2 cm³/mol. The number of thioether (sulfide) groups is 1. The van der Waals surface area contributed by atoms with Gasteiger partial charge in [0.25, 0.3) is 0 Å². The van der Waals surface area contributed by atoms with Crippen LogP contribution in [0.2, 0.25) is 0 Å². The molecular formula is C9H16N2S2. The summed E-state index contributed by atoms with van der Waals surface area (Å²) in [6, 6.07) is 1.29. The van der Waals surface area contributed by atoms with E-state index in [1.807, 2.05) is 11.8 Å². The van der Waals surface area contributed by atoms with E-state index in [1.165, 1.54) is 37.2 Å². The van der Waals surface area contributed by atoms with Gasteiger partial charge in [-0.15, -0.1) is 0 Å². The SMILES string of the molecule is S=C(NC1CC1)NC1CCCSC1. The molecule has 2 nitrogen and oxygen atoms in total. The maximum absolute atomic E-state index is 5.22. The first-order valence-electron chi connectivity index (χ1n) is 4.99. The Bertz CT molecular complexity index is 186. The third-order valence-electron chi connectivity index (χ3n) is 2.41. The van der Waals surface area contributed by atoms with Gasteiger partial charge in [-0.3, -0.25) is 0 Å². The van der Waals surface area contributed by atoms with E-state index in [0.29, 0.717) is 12.1 Å². The third-order valence-corrected chi connectivity index (χ3v) is 3.86. The zero-order valence-corrected chi connectivity index (χ0v) is 9.35. The fraction of sp³-hybridized carbons (Fsp3) is 0.889. The van der Waals surface area contributed by atoms with Gasteiger partial charge in [0, 0.05) is 17.8 Å². The molecule has 1 aliphatic carbocycles. The molecule has 0 amide bonds. The largest absolute Gasteiger partial charge is 0.360 e. The van der Waals surface area contributed by atoms with Crippen LogP contribution >= 0.6 is 24.0 Å². The molecule has 74 valence electrons. The topological polar surface area (TPSA) is 24.1 Å². The lowest BCUT2D eigenvalue weighted by atomic mass is 10.2. The summed E-state index contributed by atoms with van der Waals surface area (Å²) in [6.07, 6.45) is 5.19. The molecule has 1 unspecified atom stereocenters. The Balaban J connectivity index is 1.66. The number of hydrogen-bond donors (Lipinski definition) is 2. The van der Waals surface area contributed by atoms with E-state index >= 15 is 0 Å². The van der Waals surface area contributed by atoms with Crippen LogP contribution in [-0.4, -0.2) is 28.7 Å². The molecule has 2 fully saturated rings. The van der Waals surface area contributed by atoms with Crippen molar-refractivity contribution in [3.05, 3.63) is 0 Å². The summed E-state index contributed by atoms with van der Waals surface area (Å²) < 4.78 is 0. The third kappa shape index (κ3) is 3.35. The number of hydrogen-bond acceptors (Lipinski definition) is 2. The van der Waals surface area contributed by atoms with Crippen molar-refractivity contribution in [2.75, 3.05) is 11.5 Å². The van der Waals surface area contributed by atoms with Gasteiger partial charge in [0.05, 0.1) is 0 Å². The first-order valence-corrected chi connectivity index (χ1v) is 6.55. The molecular weight excluding hydrogens is 200 g/mol. The van der Waals surface area contributed by atoms with Gasteiger partial charge in [0.2, 0.25) is 0 Å². The van der Waals surface area contributed by atoms with Crippen LogP contribution in [0, 0.1) is 0 Å². The van der Waals surface area contributed by atoms with Gasteiger partial charge in [-0.25, -0.2) is 0 Å². The molecule has 1 saturated heterocycles. The Morgan fingerprint density at radius 2 is 1.92 bits per heavy atom. The normalized spacial score (nSPS) is 28.2. The van der Waals surface area contributed by atoms with E-state index in [2.05, 4.69) is 10.6 Å². The lowest BCUT2D eigenvalue weighted by molar-refractivity contribution is 0.587. The maximum Gasteiger partial charge on any atom is 0.166 e. The summed E-state index contributed by atoms with van der Waals surface area (Å²) in [4.78, 5) is 0. The summed E-state index contributed by atoms with van der Waals surface area (Å²) in [6.45, 7) is 0. The van der Waals surface area contributed by atoms with Crippen LogP contribution in [0.3, 0.4) is 0 Å². The molecule has 13 heavy (non-hydrogen) atoms.